The molecule has 1 aromatic heterocycles. The number of oxime groups is 1. The third-order valence-electron chi connectivity index (χ3n) is 4.11. The van der Waals surface area contributed by atoms with Crippen LogP contribution in [-0.2, 0) is 9.63 Å². The second kappa shape index (κ2) is 10.3. The van der Waals surface area contributed by atoms with Gasteiger partial charge >= 0.3 is 0 Å². The number of hydrogen-bond donors (Lipinski definition) is 2. The molecule has 0 aliphatic carbocycles. The van der Waals surface area contributed by atoms with Crippen LogP contribution in [0.5, 0.6) is 11.6 Å². The van der Waals surface area contributed by atoms with E-state index >= 15 is 0 Å². The number of ether oxygens (including phenoxy) is 1. The Morgan fingerprint density at radius 2 is 1.87 bits per heavy atom. The predicted octanol–water partition coefficient (Wildman–Crippen LogP) is 4.04. The molecule has 3 N–H and O–H groups in total. The molecule has 0 fully saturated rings. The number of amides is 1. The zero-order valence-electron chi connectivity index (χ0n) is 16.3. The minimum absolute atomic E-state index is 0.0487. The van der Waals surface area contributed by atoms with Crippen LogP contribution in [0.15, 0.2) is 78.1 Å². The number of nitrogens with zero attached hydrogens (tertiary/aromatic N) is 2. The standard InChI is InChI=1S/C22H21ClN4O3/c1-15(16-9-11-17(23)12-10-16)26-20(28)14-29-27-21(24)19-8-5-13-25-22(19)30-18-6-3-2-4-7-18/h2-13,15H,14H2,1H3,(H2,24,27)(H,26,28). The second-order valence-corrected chi connectivity index (χ2v) is 6.80. The highest BCUT2D eigenvalue weighted by Gasteiger charge is 2.12. The van der Waals surface area contributed by atoms with E-state index < -0.39 is 0 Å². The van der Waals surface area contributed by atoms with E-state index in [1.54, 1.807) is 42.6 Å². The molecule has 30 heavy (non-hydrogen) atoms. The lowest BCUT2D eigenvalue weighted by Gasteiger charge is -2.14. The second-order valence-electron chi connectivity index (χ2n) is 6.36. The van der Waals surface area contributed by atoms with E-state index in [2.05, 4.69) is 15.5 Å². The molecule has 1 atom stereocenters. The number of nitrogens with one attached hydrogen (secondary N) is 1. The molecule has 0 aliphatic rings. The molecule has 0 bridgehead atoms. The number of benzene rings is 2. The Kier molecular flexibility index (Phi) is 7.24. The number of rotatable bonds is 8. The number of carbonyl (C=O) groups excluding carboxylic acids is 1. The van der Waals surface area contributed by atoms with Gasteiger partial charge in [-0.1, -0.05) is 47.1 Å². The number of nitrogens with two attached hydrogens (primary N) is 1. The lowest BCUT2D eigenvalue weighted by Crippen LogP contribution is -2.30. The normalized spacial score (nSPS) is 12.1. The zero-order valence-corrected chi connectivity index (χ0v) is 17.0. The largest absolute Gasteiger partial charge is 0.438 e. The fourth-order valence-electron chi connectivity index (χ4n) is 2.59. The SMILES string of the molecule is CC(NC(=O)CON=C(N)c1cccnc1Oc1ccccc1)c1ccc(Cl)cc1. The molecule has 3 rings (SSSR count). The maximum atomic E-state index is 12.1. The number of aromatic nitrogens is 1. The maximum Gasteiger partial charge on any atom is 0.261 e. The van der Waals surface area contributed by atoms with Crippen LogP contribution in [-0.4, -0.2) is 23.3 Å². The molecule has 154 valence electrons. The summed E-state index contributed by atoms with van der Waals surface area (Å²) in [5, 5.41) is 7.28. The lowest BCUT2D eigenvalue weighted by molar-refractivity contribution is -0.126. The van der Waals surface area contributed by atoms with Crippen molar-refractivity contribution in [2.45, 2.75) is 13.0 Å². The molecule has 0 spiro atoms. The van der Waals surface area contributed by atoms with Gasteiger partial charge in [-0.05, 0) is 48.9 Å². The molecule has 1 heterocycles. The summed E-state index contributed by atoms with van der Waals surface area (Å²) in [5.41, 5.74) is 7.38. The number of para-hydroxylation sites is 1. The molecule has 0 saturated heterocycles. The van der Waals surface area contributed by atoms with E-state index in [1.165, 1.54) is 0 Å². The Hall–Kier alpha value is -3.58. The van der Waals surface area contributed by atoms with Gasteiger partial charge in [0.2, 0.25) is 5.88 Å². The van der Waals surface area contributed by atoms with E-state index in [4.69, 9.17) is 26.9 Å². The van der Waals surface area contributed by atoms with Crippen LogP contribution in [0.2, 0.25) is 5.02 Å². The van der Waals surface area contributed by atoms with E-state index in [-0.39, 0.29) is 30.3 Å². The summed E-state index contributed by atoms with van der Waals surface area (Å²) >= 11 is 5.88. The van der Waals surface area contributed by atoms with Crippen molar-refractivity contribution >= 4 is 23.3 Å². The van der Waals surface area contributed by atoms with Crippen molar-refractivity contribution in [2.75, 3.05) is 6.61 Å². The first kappa shape index (κ1) is 21.1. The summed E-state index contributed by atoms with van der Waals surface area (Å²) in [7, 11) is 0. The molecule has 8 heteroatoms. The third-order valence-corrected chi connectivity index (χ3v) is 4.36. The molecule has 1 unspecified atom stereocenters. The van der Waals surface area contributed by atoms with E-state index in [9.17, 15) is 4.79 Å². The van der Waals surface area contributed by atoms with Crippen LogP contribution >= 0.6 is 11.6 Å². The average Bonchev–Trinajstić information content (AvgIpc) is 2.75. The molecule has 3 aromatic rings. The molecule has 0 radical (unpaired) electrons. The Balaban J connectivity index is 1.57. The molecule has 7 nitrogen and oxygen atoms in total. The van der Waals surface area contributed by atoms with Crippen LogP contribution in [0, 0.1) is 0 Å². The van der Waals surface area contributed by atoms with Crippen molar-refractivity contribution in [3.63, 3.8) is 0 Å². The monoisotopic (exact) mass is 424 g/mol. The Morgan fingerprint density at radius 3 is 2.60 bits per heavy atom. The fourth-order valence-corrected chi connectivity index (χ4v) is 2.72. The first-order valence-electron chi connectivity index (χ1n) is 9.21. The molecule has 0 aliphatic heterocycles. The summed E-state index contributed by atoms with van der Waals surface area (Å²) in [4.78, 5) is 21.4. The van der Waals surface area contributed by atoms with Crippen molar-refractivity contribution in [2.24, 2.45) is 10.9 Å². The number of pyridine rings is 1. The number of amidine groups is 1. The van der Waals surface area contributed by atoms with Crippen molar-refractivity contribution in [3.05, 3.63) is 89.1 Å². The summed E-state index contributed by atoms with van der Waals surface area (Å²) in [6.07, 6.45) is 1.58. The molecule has 2 aromatic carbocycles. The summed E-state index contributed by atoms with van der Waals surface area (Å²) in [6, 6.07) is 19.6. The summed E-state index contributed by atoms with van der Waals surface area (Å²) < 4.78 is 5.75. The van der Waals surface area contributed by atoms with E-state index in [1.807, 2.05) is 37.3 Å². The Labute approximate surface area is 179 Å². The Bertz CT molecular complexity index is 1010. The highest BCUT2D eigenvalue weighted by atomic mass is 35.5. The molecular formula is C22H21ClN4O3. The van der Waals surface area contributed by atoms with Crippen LogP contribution in [0.25, 0.3) is 0 Å². The van der Waals surface area contributed by atoms with Gasteiger partial charge in [0.1, 0.15) is 5.75 Å². The van der Waals surface area contributed by atoms with Crippen LogP contribution in [0.4, 0.5) is 0 Å². The lowest BCUT2D eigenvalue weighted by atomic mass is 10.1. The van der Waals surface area contributed by atoms with Gasteiger partial charge in [-0.15, -0.1) is 0 Å². The van der Waals surface area contributed by atoms with Crippen molar-refractivity contribution < 1.29 is 14.4 Å². The van der Waals surface area contributed by atoms with Crippen LogP contribution in [0.1, 0.15) is 24.1 Å². The van der Waals surface area contributed by atoms with Gasteiger partial charge in [0.05, 0.1) is 11.6 Å². The van der Waals surface area contributed by atoms with Gasteiger partial charge in [0.15, 0.2) is 12.4 Å². The smallest absolute Gasteiger partial charge is 0.261 e. The highest BCUT2D eigenvalue weighted by Crippen LogP contribution is 2.22. The van der Waals surface area contributed by atoms with Crippen molar-refractivity contribution in [1.29, 1.82) is 0 Å². The van der Waals surface area contributed by atoms with Gasteiger partial charge in [0, 0.05) is 11.2 Å². The van der Waals surface area contributed by atoms with Crippen molar-refractivity contribution in [3.8, 4) is 11.6 Å². The Morgan fingerprint density at radius 1 is 1.13 bits per heavy atom. The fraction of sp³-hybridized carbons (Fsp3) is 0.136. The molecule has 1 amide bonds. The third kappa shape index (κ3) is 5.96. The number of carbonyl (C=O) groups is 1. The quantitative estimate of drug-likeness (QED) is 0.323. The summed E-state index contributed by atoms with van der Waals surface area (Å²) in [6.45, 7) is 1.58. The first-order valence-corrected chi connectivity index (χ1v) is 9.59. The van der Waals surface area contributed by atoms with Crippen molar-refractivity contribution in [1.82, 2.24) is 10.3 Å². The zero-order chi connectivity index (χ0) is 21.3. The number of halogens is 1. The summed E-state index contributed by atoms with van der Waals surface area (Å²) in [5.74, 6) is 0.615. The van der Waals surface area contributed by atoms with Crippen LogP contribution in [0.3, 0.4) is 0 Å². The van der Waals surface area contributed by atoms with Gasteiger partial charge in [-0.3, -0.25) is 4.79 Å². The predicted molar refractivity (Wildman–Crippen MR) is 115 cm³/mol. The highest BCUT2D eigenvalue weighted by molar-refractivity contribution is 6.30. The van der Waals surface area contributed by atoms with Crippen LogP contribution < -0.4 is 15.8 Å². The minimum Gasteiger partial charge on any atom is -0.438 e. The maximum absolute atomic E-state index is 12.1. The molecular weight excluding hydrogens is 404 g/mol. The topological polar surface area (TPSA) is 98.8 Å². The van der Waals surface area contributed by atoms with E-state index in [0.717, 1.165) is 5.56 Å². The van der Waals surface area contributed by atoms with Gasteiger partial charge < -0.3 is 20.6 Å². The number of hydrogen-bond acceptors (Lipinski definition) is 5. The average molecular weight is 425 g/mol. The molecule has 0 saturated carbocycles. The minimum atomic E-state index is -0.332. The van der Waals surface area contributed by atoms with Gasteiger partial charge in [0.25, 0.3) is 5.91 Å². The first-order chi connectivity index (χ1) is 14.5. The van der Waals surface area contributed by atoms with Gasteiger partial charge in [-0.25, -0.2) is 4.98 Å². The van der Waals surface area contributed by atoms with Gasteiger partial charge in [-0.2, -0.15) is 0 Å². The van der Waals surface area contributed by atoms with E-state index in [0.29, 0.717) is 16.3 Å².